The first-order chi connectivity index (χ1) is 12.5. The predicted molar refractivity (Wildman–Crippen MR) is 105 cm³/mol. The summed E-state index contributed by atoms with van der Waals surface area (Å²) < 4.78 is 5.62. The molecular weight excluding hydrogens is 346 g/mol. The van der Waals surface area contributed by atoms with Crippen LogP contribution in [0.2, 0.25) is 0 Å². The molecule has 0 unspecified atom stereocenters. The monoisotopic (exact) mass is 371 g/mol. The minimum atomic E-state index is -0.384. The second-order valence-electron chi connectivity index (χ2n) is 6.77. The number of amides is 1. The average molecular weight is 372 g/mol. The maximum absolute atomic E-state index is 12.9. The number of fused-ring (bicyclic) bond motifs is 2. The summed E-state index contributed by atoms with van der Waals surface area (Å²) in [5.41, 5.74) is 0.818. The van der Waals surface area contributed by atoms with Gasteiger partial charge in [0.1, 0.15) is 6.61 Å². The summed E-state index contributed by atoms with van der Waals surface area (Å²) in [4.78, 5) is 23.2. The van der Waals surface area contributed by atoms with Crippen LogP contribution < -0.4 is 4.90 Å². The second kappa shape index (κ2) is 8.10. The van der Waals surface area contributed by atoms with E-state index in [4.69, 9.17) is 4.74 Å². The number of hydrogen-bond donors (Lipinski definition) is 0. The van der Waals surface area contributed by atoms with Gasteiger partial charge in [-0.3, -0.25) is 4.90 Å². The standard InChI is InChI=1S/C20H25N3O2S/c1-14(2)22(15(3)4)12-13-25-20(24)23-16-8-5-6-9-17(16)26-18-10-7-11-21-19(18)23/h5-11,14-15H,12-13H2,1-4H3. The van der Waals surface area contributed by atoms with Gasteiger partial charge in [-0.05, 0) is 52.0 Å². The normalized spacial score (nSPS) is 13.1. The van der Waals surface area contributed by atoms with Crippen LogP contribution in [0.3, 0.4) is 0 Å². The smallest absolute Gasteiger partial charge is 0.420 e. The van der Waals surface area contributed by atoms with Crippen LogP contribution in [0.25, 0.3) is 0 Å². The summed E-state index contributed by atoms with van der Waals surface area (Å²) in [7, 11) is 0. The van der Waals surface area contributed by atoms with Gasteiger partial charge in [-0.2, -0.15) is 0 Å². The Morgan fingerprint density at radius 2 is 1.81 bits per heavy atom. The van der Waals surface area contributed by atoms with Crippen molar-refractivity contribution in [3.63, 3.8) is 0 Å². The maximum atomic E-state index is 12.9. The molecule has 1 aromatic carbocycles. The van der Waals surface area contributed by atoms with Gasteiger partial charge in [0.15, 0.2) is 5.82 Å². The van der Waals surface area contributed by atoms with E-state index in [0.29, 0.717) is 31.1 Å². The van der Waals surface area contributed by atoms with Gasteiger partial charge in [0.25, 0.3) is 0 Å². The highest BCUT2D eigenvalue weighted by atomic mass is 32.2. The Balaban J connectivity index is 1.77. The summed E-state index contributed by atoms with van der Waals surface area (Å²) >= 11 is 1.62. The molecular formula is C20H25N3O2S. The number of aromatic nitrogens is 1. The molecule has 0 saturated carbocycles. The Kier molecular flexibility index (Phi) is 5.84. The van der Waals surface area contributed by atoms with Gasteiger partial charge in [0, 0.05) is 29.7 Å². The lowest BCUT2D eigenvalue weighted by atomic mass is 10.2. The van der Waals surface area contributed by atoms with E-state index in [0.717, 1.165) is 15.5 Å². The molecule has 0 bridgehead atoms. The highest BCUT2D eigenvalue weighted by Crippen LogP contribution is 2.46. The first-order valence-electron chi connectivity index (χ1n) is 8.93. The van der Waals surface area contributed by atoms with Crippen molar-refractivity contribution >= 4 is 29.4 Å². The van der Waals surface area contributed by atoms with Crippen LogP contribution in [-0.4, -0.2) is 41.2 Å². The Morgan fingerprint density at radius 1 is 1.12 bits per heavy atom. The van der Waals surface area contributed by atoms with Crippen molar-refractivity contribution in [1.29, 1.82) is 0 Å². The summed E-state index contributed by atoms with van der Waals surface area (Å²) in [6, 6.07) is 12.5. The van der Waals surface area contributed by atoms with E-state index in [1.165, 1.54) is 0 Å². The molecule has 0 spiro atoms. The number of para-hydroxylation sites is 1. The fourth-order valence-corrected chi connectivity index (χ4v) is 4.22. The zero-order chi connectivity index (χ0) is 18.7. The highest BCUT2D eigenvalue weighted by Gasteiger charge is 2.30. The number of pyridine rings is 1. The SMILES string of the molecule is CC(C)N(CCOC(=O)N1c2ccccc2Sc2cccnc21)C(C)C. The number of hydrogen-bond acceptors (Lipinski definition) is 5. The topological polar surface area (TPSA) is 45.7 Å². The zero-order valence-electron chi connectivity index (χ0n) is 15.7. The number of nitrogens with zero attached hydrogens (tertiary/aromatic N) is 3. The lowest BCUT2D eigenvalue weighted by molar-refractivity contribution is 0.108. The number of rotatable bonds is 5. The van der Waals surface area contributed by atoms with Crippen LogP contribution in [0.15, 0.2) is 52.4 Å². The Bertz CT molecular complexity index is 726. The van der Waals surface area contributed by atoms with E-state index >= 15 is 0 Å². The molecule has 5 nitrogen and oxygen atoms in total. The van der Waals surface area contributed by atoms with E-state index in [-0.39, 0.29) is 6.09 Å². The molecule has 1 aromatic heterocycles. The number of carbonyl (C=O) groups excluding carboxylic acids is 1. The Morgan fingerprint density at radius 3 is 2.54 bits per heavy atom. The summed E-state index contributed by atoms with van der Waals surface area (Å²) in [5.74, 6) is 0.630. The second-order valence-corrected chi connectivity index (χ2v) is 7.85. The van der Waals surface area contributed by atoms with E-state index in [9.17, 15) is 4.79 Å². The molecule has 1 aliphatic heterocycles. The molecule has 2 aromatic rings. The Labute approximate surface area is 159 Å². The van der Waals surface area contributed by atoms with Crippen molar-refractivity contribution in [3.8, 4) is 0 Å². The minimum absolute atomic E-state index is 0.350. The molecule has 0 radical (unpaired) electrons. The molecule has 3 rings (SSSR count). The van der Waals surface area contributed by atoms with Gasteiger partial charge < -0.3 is 4.74 Å². The van der Waals surface area contributed by atoms with Crippen molar-refractivity contribution in [2.24, 2.45) is 0 Å². The number of ether oxygens (including phenoxy) is 1. The third kappa shape index (κ3) is 3.86. The van der Waals surface area contributed by atoms with Crippen molar-refractivity contribution in [2.75, 3.05) is 18.1 Å². The molecule has 0 fully saturated rings. The lowest BCUT2D eigenvalue weighted by Gasteiger charge is -2.31. The minimum Gasteiger partial charge on any atom is -0.448 e. The third-order valence-electron chi connectivity index (χ3n) is 4.37. The molecule has 138 valence electrons. The molecule has 0 saturated heterocycles. The van der Waals surface area contributed by atoms with Gasteiger partial charge in [0.05, 0.1) is 10.6 Å². The maximum Gasteiger partial charge on any atom is 0.420 e. The first kappa shape index (κ1) is 18.7. The molecule has 6 heteroatoms. The molecule has 0 atom stereocenters. The van der Waals surface area contributed by atoms with Crippen LogP contribution in [0.1, 0.15) is 27.7 Å². The largest absolute Gasteiger partial charge is 0.448 e. The summed E-state index contributed by atoms with van der Waals surface area (Å²) in [6.07, 6.45) is 1.32. The first-order valence-corrected chi connectivity index (χ1v) is 9.75. The molecule has 1 aliphatic rings. The van der Waals surface area contributed by atoms with Gasteiger partial charge in [0.2, 0.25) is 0 Å². The van der Waals surface area contributed by atoms with E-state index in [2.05, 4.69) is 37.6 Å². The number of carbonyl (C=O) groups is 1. The van der Waals surface area contributed by atoms with Crippen LogP contribution in [-0.2, 0) is 4.74 Å². The lowest BCUT2D eigenvalue weighted by Crippen LogP contribution is -2.40. The fraction of sp³-hybridized carbons (Fsp3) is 0.400. The Hall–Kier alpha value is -2.05. The van der Waals surface area contributed by atoms with Gasteiger partial charge in [-0.15, -0.1) is 0 Å². The van der Waals surface area contributed by atoms with E-state index in [1.54, 1.807) is 22.9 Å². The highest BCUT2D eigenvalue weighted by molar-refractivity contribution is 7.99. The van der Waals surface area contributed by atoms with Crippen LogP contribution in [0.4, 0.5) is 16.3 Å². The van der Waals surface area contributed by atoms with Crippen LogP contribution >= 0.6 is 11.8 Å². The van der Waals surface area contributed by atoms with Gasteiger partial charge in [-0.1, -0.05) is 23.9 Å². The van der Waals surface area contributed by atoms with Crippen molar-refractivity contribution < 1.29 is 9.53 Å². The van der Waals surface area contributed by atoms with E-state index < -0.39 is 0 Å². The molecule has 1 amide bonds. The van der Waals surface area contributed by atoms with Gasteiger partial charge in [-0.25, -0.2) is 14.7 Å². The molecule has 0 N–H and O–H groups in total. The molecule has 2 heterocycles. The van der Waals surface area contributed by atoms with Crippen molar-refractivity contribution in [3.05, 3.63) is 42.6 Å². The summed E-state index contributed by atoms with van der Waals surface area (Å²) in [5, 5.41) is 0. The number of anilines is 2. The van der Waals surface area contributed by atoms with Crippen molar-refractivity contribution in [2.45, 2.75) is 49.6 Å². The fourth-order valence-electron chi connectivity index (χ4n) is 3.19. The zero-order valence-corrected chi connectivity index (χ0v) is 16.5. The predicted octanol–water partition coefficient (Wildman–Crippen LogP) is 4.94. The molecule has 26 heavy (non-hydrogen) atoms. The van der Waals surface area contributed by atoms with Gasteiger partial charge >= 0.3 is 6.09 Å². The average Bonchev–Trinajstić information content (AvgIpc) is 2.62. The number of benzene rings is 1. The van der Waals surface area contributed by atoms with Crippen LogP contribution in [0, 0.1) is 0 Å². The van der Waals surface area contributed by atoms with Crippen molar-refractivity contribution in [1.82, 2.24) is 9.88 Å². The van der Waals surface area contributed by atoms with E-state index in [1.807, 2.05) is 36.4 Å². The summed E-state index contributed by atoms with van der Waals surface area (Å²) in [6.45, 7) is 9.67. The third-order valence-corrected chi connectivity index (χ3v) is 5.48. The molecule has 0 aliphatic carbocycles. The van der Waals surface area contributed by atoms with Crippen LogP contribution in [0.5, 0.6) is 0 Å². The quantitative estimate of drug-likeness (QED) is 0.745.